The lowest BCUT2D eigenvalue weighted by atomic mass is 10.2. The largest absolute Gasteiger partial charge is 0.343 e. The van der Waals surface area contributed by atoms with Gasteiger partial charge in [0.25, 0.3) is 11.8 Å². The summed E-state index contributed by atoms with van der Waals surface area (Å²) in [7, 11) is 0. The summed E-state index contributed by atoms with van der Waals surface area (Å²) in [5.41, 5.74) is 2.38. The molecule has 9 heteroatoms. The van der Waals surface area contributed by atoms with Crippen molar-refractivity contribution in [2.45, 2.75) is 26.3 Å². The van der Waals surface area contributed by atoms with E-state index in [-0.39, 0.29) is 18.4 Å². The van der Waals surface area contributed by atoms with Crippen LogP contribution in [0.3, 0.4) is 0 Å². The van der Waals surface area contributed by atoms with Crippen molar-refractivity contribution in [2.24, 2.45) is 0 Å². The fraction of sp³-hybridized carbons (Fsp3) is 0.182. The summed E-state index contributed by atoms with van der Waals surface area (Å²) in [5.74, 6) is 1.47. The topological polar surface area (TPSA) is 111 Å². The summed E-state index contributed by atoms with van der Waals surface area (Å²) in [5, 5.41) is 16.3. The van der Waals surface area contributed by atoms with Gasteiger partial charge in [-0.3, -0.25) is 9.20 Å². The van der Waals surface area contributed by atoms with Gasteiger partial charge in [0.15, 0.2) is 17.3 Å². The fourth-order valence-corrected chi connectivity index (χ4v) is 3.27. The third kappa shape index (κ3) is 3.50. The predicted octanol–water partition coefficient (Wildman–Crippen LogP) is 3.38. The summed E-state index contributed by atoms with van der Waals surface area (Å²) in [6, 6.07) is 15.0. The standard InChI is InChI=1S/C22H19N7O2/c1-13(2)19-25-22(31-28-19)15-7-5-11-29-18(26-27-20(15)29)12-23-21(30)17-10-9-14-6-3-4-8-16(14)24-17/h3-11,13H,12H2,1-2H3,(H,23,30). The van der Waals surface area contributed by atoms with Crippen molar-refractivity contribution in [3.63, 3.8) is 0 Å². The summed E-state index contributed by atoms with van der Waals surface area (Å²) in [6.45, 7) is 4.19. The summed E-state index contributed by atoms with van der Waals surface area (Å²) in [6.07, 6.45) is 1.83. The number of nitrogens with one attached hydrogen (secondary N) is 1. The first-order chi connectivity index (χ1) is 15.1. The van der Waals surface area contributed by atoms with Gasteiger partial charge in [0.05, 0.1) is 17.6 Å². The molecule has 1 aromatic carbocycles. The molecule has 0 saturated carbocycles. The van der Waals surface area contributed by atoms with Crippen LogP contribution in [0.15, 0.2) is 59.3 Å². The lowest BCUT2D eigenvalue weighted by molar-refractivity contribution is 0.0945. The minimum atomic E-state index is -0.280. The zero-order valence-electron chi connectivity index (χ0n) is 17.0. The molecule has 0 saturated heterocycles. The molecule has 0 aliphatic carbocycles. The molecule has 0 spiro atoms. The van der Waals surface area contributed by atoms with Crippen LogP contribution in [0.2, 0.25) is 0 Å². The minimum absolute atomic E-state index is 0.157. The van der Waals surface area contributed by atoms with E-state index in [0.717, 1.165) is 10.9 Å². The maximum Gasteiger partial charge on any atom is 0.270 e. The molecule has 0 atom stereocenters. The first-order valence-corrected chi connectivity index (χ1v) is 9.91. The van der Waals surface area contributed by atoms with E-state index in [1.165, 1.54) is 0 Å². The molecule has 0 bridgehead atoms. The highest BCUT2D eigenvalue weighted by Gasteiger charge is 2.18. The molecular formula is C22H19N7O2. The number of aromatic nitrogens is 6. The number of benzene rings is 1. The van der Waals surface area contributed by atoms with Gasteiger partial charge in [-0.2, -0.15) is 4.98 Å². The van der Waals surface area contributed by atoms with Gasteiger partial charge in [-0.05, 0) is 24.3 Å². The van der Waals surface area contributed by atoms with Crippen LogP contribution >= 0.6 is 0 Å². The van der Waals surface area contributed by atoms with E-state index < -0.39 is 0 Å². The van der Waals surface area contributed by atoms with Crippen LogP contribution in [0, 0.1) is 0 Å². The number of rotatable bonds is 5. The maximum absolute atomic E-state index is 12.6. The van der Waals surface area contributed by atoms with Crippen LogP contribution in [-0.4, -0.2) is 35.6 Å². The number of nitrogens with zero attached hydrogens (tertiary/aromatic N) is 6. The summed E-state index contributed by atoms with van der Waals surface area (Å²) >= 11 is 0. The van der Waals surface area contributed by atoms with Crippen LogP contribution in [-0.2, 0) is 6.54 Å². The number of hydrogen-bond donors (Lipinski definition) is 1. The number of hydrogen-bond acceptors (Lipinski definition) is 7. The minimum Gasteiger partial charge on any atom is -0.343 e. The maximum atomic E-state index is 12.6. The van der Waals surface area contributed by atoms with Gasteiger partial charge >= 0.3 is 0 Å². The Morgan fingerprint density at radius 1 is 1.06 bits per heavy atom. The van der Waals surface area contributed by atoms with E-state index in [9.17, 15) is 4.79 Å². The molecule has 0 radical (unpaired) electrons. The Hall–Kier alpha value is -4.14. The monoisotopic (exact) mass is 413 g/mol. The molecule has 0 aliphatic rings. The van der Waals surface area contributed by atoms with Crippen molar-refractivity contribution in [3.05, 3.63) is 72.1 Å². The fourth-order valence-electron chi connectivity index (χ4n) is 3.27. The first kappa shape index (κ1) is 18.9. The Kier molecular flexibility index (Phi) is 4.62. The number of para-hydroxylation sites is 1. The van der Waals surface area contributed by atoms with Crippen LogP contribution in [0.5, 0.6) is 0 Å². The van der Waals surface area contributed by atoms with Gasteiger partial charge in [-0.25, -0.2) is 4.98 Å². The van der Waals surface area contributed by atoms with E-state index in [1.807, 2.05) is 62.5 Å². The summed E-state index contributed by atoms with van der Waals surface area (Å²) in [4.78, 5) is 21.5. The molecule has 0 fully saturated rings. The molecule has 1 N–H and O–H groups in total. The van der Waals surface area contributed by atoms with E-state index >= 15 is 0 Å². The highest BCUT2D eigenvalue weighted by Crippen LogP contribution is 2.24. The molecule has 5 rings (SSSR count). The van der Waals surface area contributed by atoms with Crippen molar-refractivity contribution >= 4 is 22.5 Å². The van der Waals surface area contributed by atoms with Crippen LogP contribution in [0.1, 0.15) is 41.9 Å². The quantitative estimate of drug-likeness (QED) is 0.470. The average Bonchev–Trinajstić information content (AvgIpc) is 3.44. The molecule has 0 unspecified atom stereocenters. The van der Waals surface area contributed by atoms with Crippen molar-refractivity contribution in [1.82, 2.24) is 35.0 Å². The number of carbonyl (C=O) groups excluding carboxylic acids is 1. The van der Waals surface area contributed by atoms with Crippen molar-refractivity contribution in [1.29, 1.82) is 0 Å². The van der Waals surface area contributed by atoms with Crippen molar-refractivity contribution < 1.29 is 9.32 Å². The molecular weight excluding hydrogens is 394 g/mol. The smallest absolute Gasteiger partial charge is 0.270 e. The zero-order valence-corrected chi connectivity index (χ0v) is 17.0. The molecule has 31 heavy (non-hydrogen) atoms. The van der Waals surface area contributed by atoms with Crippen molar-refractivity contribution in [3.8, 4) is 11.5 Å². The van der Waals surface area contributed by atoms with Gasteiger partial charge in [0.2, 0.25) is 0 Å². The highest BCUT2D eigenvalue weighted by molar-refractivity contribution is 5.94. The van der Waals surface area contributed by atoms with Gasteiger partial charge in [0, 0.05) is 17.5 Å². The number of fused-ring (bicyclic) bond motifs is 2. The Morgan fingerprint density at radius 2 is 1.94 bits per heavy atom. The van der Waals surface area contributed by atoms with E-state index in [4.69, 9.17) is 4.52 Å². The third-order valence-electron chi connectivity index (χ3n) is 4.93. The highest BCUT2D eigenvalue weighted by atomic mass is 16.5. The number of carbonyl (C=O) groups is 1. The van der Waals surface area contributed by atoms with Crippen molar-refractivity contribution in [2.75, 3.05) is 0 Å². The second-order valence-corrected chi connectivity index (χ2v) is 7.42. The molecule has 0 aliphatic heterocycles. The van der Waals surface area contributed by atoms with Gasteiger partial charge in [0.1, 0.15) is 5.69 Å². The van der Waals surface area contributed by atoms with Crippen LogP contribution in [0.4, 0.5) is 0 Å². The Bertz CT molecular complexity index is 1400. The average molecular weight is 413 g/mol. The Labute approximate surface area is 177 Å². The van der Waals surface area contributed by atoms with Crippen LogP contribution in [0.25, 0.3) is 28.0 Å². The third-order valence-corrected chi connectivity index (χ3v) is 4.93. The molecule has 1 amide bonds. The van der Waals surface area contributed by atoms with E-state index in [0.29, 0.717) is 34.4 Å². The van der Waals surface area contributed by atoms with Gasteiger partial charge in [-0.1, -0.05) is 43.3 Å². The van der Waals surface area contributed by atoms with E-state index in [2.05, 4.69) is 30.6 Å². The second kappa shape index (κ2) is 7.60. The Balaban J connectivity index is 1.38. The van der Waals surface area contributed by atoms with Gasteiger partial charge < -0.3 is 9.84 Å². The van der Waals surface area contributed by atoms with Crippen LogP contribution < -0.4 is 5.32 Å². The first-order valence-electron chi connectivity index (χ1n) is 9.91. The number of pyridine rings is 2. The van der Waals surface area contributed by atoms with E-state index in [1.54, 1.807) is 10.5 Å². The number of amides is 1. The lowest BCUT2D eigenvalue weighted by Crippen LogP contribution is -2.24. The second-order valence-electron chi connectivity index (χ2n) is 7.42. The molecule has 154 valence electrons. The lowest BCUT2D eigenvalue weighted by Gasteiger charge is -2.05. The Morgan fingerprint density at radius 3 is 2.77 bits per heavy atom. The predicted molar refractivity (Wildman–Crippen MR) is 113 cm³/mol. The molecule has 4 heterocycles. The molecule has 9 nitrogen and oxygen atoms in total. The summed E-state index contributed by atoms with van der Waals surface area (Å²) < 4.78 is 7.19. The normalized spacial score (nSPS) is 11.5. The molecule has 5 aromatic rings. The SMILES string of the molecule is CC(C)c1noc(-c2cccn3c(CNC(=O)c4ccc5ccccc5n4)nnc23)n1. The van der Waals surface area contributed by atoms with Gasteiger partial charge in [-0.15, -0.1) is 10.2 Å². The zero-order chi connectivity index (χ0) is 21.4. The molecule has 4 aromatic heterocycles.